The molecule has 0 unspecified atom stereocenters. The lowest BCUT2D eigenvalue weighted by molar-refractivity contribution is 0.677. The molecule has 0 fully saturated rings. The Balaban J connectivity index is 2.56. The average molecular weight is 242 g/mol. The summed E-state index contributed by atoms with van der Waals surface area (Å²) in [5.74, 6) is 0. The van der Waals surface area contributed by atoms with Crippen LogP contribution in [0.3, 0.4) is 0 Å². The number of hydrogen-bond acceptors (Lipinski definition) is 4. The second kappa shape index (κ2) is 4.67. The van der Waals surface area contributed by atoms with Crippen molar-refractivity contribution in [3.63, 3.8) is 0 Å². The minimum Gasteiger partial charge on any atom is -0.291 e. The maximum Gasteiger partial charge on any atom is 0.328 e. The van der Waals surface area contributed by atoms with Gasteiger partial charge in [-0.3, -0.25) is 19.3 Å². The van der Waals surface area contributed by atoms with E-state index >= 15 is 0 Å². The number of nitriles is 1. The van der Waals surface area contributed by atoms with E-state index in [4.69, 9.17) is 5.26 Å². The van der Waals surface area contributed by atoms with E-state index in [0.29, 0.717) is 11.4 Å². The summed E-state index contributed by atoms with van der Waals surface area (Å²) in [5.41, 5.74) is -0.222. The molecule has 0 amide bonds. The summed E-state index contributed by atoms with van der Waals surface area (Å²) >= 11 is 0. The summed E-state index contributed by atoms with van der Waals surface area (Å²) in [5, 5.41) is 8.88. The molecular weight excluding hydrogens is 232 g/mol. The maximum atomic E-state index is 11.7. The van der Waals surface area contributed by atoms with Crippen LogP contribution in [0, 0.1) is 18.3 Å². The third-order valence-corrected chi connectivity index (χ3v) is 2.62. The van der Waals surface area contributed by atoms with Gasteiger partial charge in [0.1, 0.15) is 11.6 Å². The molecular formula is C12H10N4O2. The predicted octanol–water partition coefficient (Wildman–Crippen LogP) is 0.160. The van der Waals surface area contributed by atoms with Gasteiger partial charge >= 0.3 is 5.69 Å². The average Bonchev–Trinajstić information content (AvgIpc) is 2.36. The van der Waals surface area contributed by atoms with Crippen LogP contribution in [0.1, 0.15) is 17.0 Å². The van der Waals surface area contributed by atoms with Crippen molar-refractivity contribution >= 4 is 0 Å². The Morgan fingerprint density at radius 3 is 2.83 bits per heavy atom. The fraction of sp³-hybridized carbons (Fsp3) is 0.167. The van der Waals surface area contributed by atoms with Crippen molar-refractivity contribution in [1.29, 1.82) is 5.26 Å². The van der Waals surface area contributed by atoms with Crippen LogP contribution in [0.5, 0.6) is 0 Å². The fourth-order valence-corrected chi connectivity index (χ4v) is 1.65. The molecule has 1 N–H and O–H groups in total. The lowest BCUT2D eigenvalue weighted by Gasteiger charge is -2.09. The molecule has 0 saturated carbocycles. The second-order valence-electron chi connectivity index (χ2n) is 3.74. The summed E-state index contributed by atoms with van der Waals surface area (Å²) in [4.78, 5) is 29.3. The lowest BCUT2D eigenvalue weighted by atomic mass is 10.2. The molecule has 0 spiro atoms. The first kappa shape index (κ1) is 11.8. The smallest absolute Gasteiger partial charge is 0.291 e. The van der Waals surface area contributed by atoms with E-state index in [-0.39, 0.29) is 12.1 Å². The third kappa shape index (κ3) is 2.06. The Bertz CT molecular complexity index is 722. The first-order valence-corrected chi connectivity index (χ1v) is 5.27. The molecule has 90 valence electrons. The molecule has 6 nitrogen and oxygen atoms in total. The minimum atomic E-state index is -0.655. The monoisotopic (exact) mass is 242 g/mol. The van der Waals surface area contributed by atoms with Crippen LogP contribution < -0.4 is 11.2 Å². The molecule has 0 aromatic carbocycles. The molecule has 0 saturated heterocycles. The normalized spacial score (nSPS) is 10.0. The van der Waals surface area contributed by atoms with Gasteiger partial charge in [0.05, 0.1) is 12.2 Å². The van der Waals surface area contributed by atoms with Crippen molar-refractivity contribution in [1.82, 2.24) is 14.5 Å². The number of H-pyrrole nitrogens is 1. The van der Waals surface area contributed by atoms with Gasteiger partial charge in [-0.15, -0.1) is 0 Å². The molecule has 2 aromatic heterocycles. The predicted molar refractivity (Wildman–Crippen MR) is 64.1 cm³/mol. The van der Waals surface area contributed by atoms with Crippen LogP contribution in [0.15, 0.2) is 34.0 Å². The van der Waals surface area contributed by atoms with Crippen molar-refractivity contribution in [2.75, 3.05) is 0 Å². The van der Waals surface area contributed by atoms with E-state index in [2.05, 4.69) is 9.97 Å². The van der Waals surface area contributed by atoms with Gasteiger partial charge in [0, 0.05) is 11.9 Å². The number of nitrogens with one attached hydrogen (secondary N) is 1. The highest BCUT2D eigenvalue weighted by Gasteiger charge is 2.11. The molecule has 2 rings (SSSR count). The molecule has 0 radical (unpaired) electrons. The first-order valence-electron chi connectivity index (χ1n) is 5.27. The Morgan fingerprint density at radius 1 is 1.44 bits per heavy atom. The molecule has 0 aliphatic carbocycles. The Hall–Kier alpha value is -2.68. The number of aromatic nitrogens is 3. The zero-order chi connectivity index (χ0) is 13.1. The first-order chi connectivity index (χ1) is 8.63. The summed E-state index contributed by atoms with van der Waals surface area (Å²) in [6.45, 7) is 1.79. The SMILES string of the molecule is Cc1c(C#N)c(=O)[nH]c(=O)n1Cc1ccccn1. The van der Waals surface area contributed by atoms with Gasteiger partial charge < -0.3 is 0 Å². The van der Waals surface area contributed by atoms with Crippen LogP contribution in [0.25, 0.3) is 0 Å². The van der Waals surface area contributed by atoms with Crippen molar-refractivity contribution in [2.45, 2.75) is 13.5 Å². The van der Waals surface area contributed by atoms with Gasteiger partial charge in [0.25, 0.3) is 5.56 Å². The summed E-state index contributed by atoms with van der Waals surface area (Å²) < 4.78 is 1.32. The van der Waals surface area contributed by atoms with Gasteiger partial charge in [0.2, 0.25) is 0 Å². The van der Waals surface area contributed by atoms with Gasteiger partial charge in [-0.05, 0) is 19.1 Å². The number of aromatic amines is 1. The van der Waals surface area contributed by atoms with E-state index in [0.717, 1.165) is 0 Å². The summed E-state index contributed by atoms with van der Waals surface area (Å²) in [6.07, 6.45) is 1.62. The molecule has 0 bridgehead atoms. The molecule has 2 aromatic rings. The number of pyridine rings is 1. The number of hydrogen-bond donors (Lipinski definition) is 1. The van der Waals surface area contributed by atoms with Crippen LogP contribution >= 0.6 is 0 Å². The fourth-order valence-electron chi connectivity index (χ4n) is 1.65. The van der Waals surface area contributed by atoms with E-state index in [1.54, 1.807) is 37.4 Å². The highest BCUT2D eigenvalue weighted by atomic mass is 16.2. The van der Waals surface area contributed by atoms with Crippen molar-refractivity contribution in [3.05, 3.63) is 62.2 Å². The highest BCUT2D eigenvalue weighted by molar-refractivity contribution is 5.30. The van der Waals surface area contributed by atoms with E-state index in [1.165, 1.54) is 4.57 Å². The number of nitrogens with zero attached hydrogens (tertiary/aromatic N) is 3. The summed E-state index contributed by atoms with van der Waals surface area (Å²) in [6, 6.07) is 7.14. The van der Waals surface area contributed by atoms with Crippen molar-refractivity contribution in [3.8, 4) is 6.07 Å². The van der Waals surface area contributed by atoms with E-state index in [1.807, 2.05) is 0 Å². The van der Waals surface area contributed by atoms with Crippen LogP contribution in [-0.2, 0) is 6.54 Å². The third-order valence-electron chi connectivity index (χ3n) is 2.62. The summed E-state index contributed by atoms with van der Waals surface area (Å²) in [7, 11) is 0. The molecule has 6 heteroatoms. The van der Waals surface area contributed by atoms with Gasteiger partial charge in [-0.2, -0.15) is 5.26 Å². The molecule has 18 heavy (non-hydrogen) atoms. The maximum absolute atomic E-state index is 11.7. The van der Waals surface area contributed by atoms with Crippen LogP contribution in [0.4, 0.5) is 0 Å². The zero-order valence-electron chi connectivity index (χ0n) is 9.67. The van der Waals surface area contributed by atoms with Gasteiger partial charge in [-0.1, -0.05) is 6.07 Å². The van der Waals surface area contributed by atoms with Crippen molar-refractivity contribution < 1.29 is 0 Å². The highest BCUT2D eigenvalue weighted by Crippen LogP contribution is 2.01. The molecule has 0 aliphatic heterocycles. The van der Waals surface area contributed by atoms with Crippen LogP contribution in [-0.4, -0.2) is 14.5 Å². The topological polar surface area (TPSA) is 91.5 Å². The zero-order valence-corrected chi connectivity index (χ0v) is 9.67. The second-order valence-corrected chi connectivity index (χ2v) is 3.74. The molecule has 2 heterocycles. The van der Waals surface area contributed by atoms with Gasteiger partial charge in [-0.25, -0.2) is 4.79 Å². The quantitative estimate of drug-likeness (QED) is 0.812. The van der Waals surface area contributed by atoms with Crippen LogP contribution in [0.2, 0.25) is 0 Å². The minimum absolute atomic E-state index is 0.0504. The Labute approximate surface area is 102 Å². The molecule has 0 atom stereocenters. The molecule has 0 aliphatic rings. The Kier molecular flexibility index (Phi) is 3.06. The lowest BCUT2D eigenvalue weighted by Crippen LogP contribution is -2.34. The van der Waals surface area contributed by atoms with Crippen molar-refractivity contribution in [2.24, 2.45) is 0 Å². The van der Waals surface area contributed by atoms with E-state index in [9.17, 15) is 9.59 Å². The number of rotatable bonds is 2. The largest absolute Gasteiger partial charge is 0.328 e. The Morgan fingerprint density at radius 2 is 2.22 bits per heavy atom. The van der Waals surface area contributed by atoms with Gasteiger partial charge in [0.15, 0.2) is 0 Å². The standard InChI is InChI=1S/C12H10N4O2/c1-8-10(6-13)11(17)15-12(18)16(8)7-9-4-2-3-5-14-9/h2-5H,7H2,1H3,(H,15,17,18). The van der Waals surface area contributed by atoms with E-state index < -0.39 is 11.2 Å².